The lowest BCUT2D eigenvalue weighted by molar-refractivity contribution is -0.137. The molecule has 0 nitrogen and oxygen atoms in total. The van der Waals surface area contributed by atoms with Gasteiger partial charge in [0.05, 0.1) is 5.56 Å². The van der Waals surface area contributed by atoms with Gasteiger partial charge in [0.15, 0.2) is 0 Å². The van der Waals surface area contributed by atoms with Crippen molar-refractivity contribution in [1.82, 2.24) is 0 Å². The molecule has 1 aromatic carbocycles. The summed E-state index contributed by atoms with van der Waals surface area (Å²) in [5.41, 5.74) is 0.317. The molecule has 0 amide bonds. The van der Waals surface area contributed by atoms with Crippen molar-refractivity contribution >= 4 is 15.9 Å². The first-order chi connectivity index (χ1) is 6.45. The molecule has 0 aliphatic carbocycles. The SMILES string of the molecule is C[C@H](CBr)c1ccc(C(F)(F)F)cc1. The zero-order valence-electron chi connectivity index (χ0n) is 7.61. The van der Waals surface area contributed by atoms with Crippen molar-refractivity contribution in [2.24, 2.45) is 0 Å². The van der Waals surface area contributed by atoms with Gasteiger partial charge in [-0.15, -0.1) is 0 Å². The zero-order valence-corrected chi connectivity index (χ0v) is 9.19. The van der Waals surface area contributed by atoms with E-state index in [0.717, 1.165) is 23.0 Å². The second-order valence-electron chi connectivity index (χ2n) is 3.18. The van der Waals surface area contributed by atoms with E-state index in [1.165, 1.54) is 12.1 Å². The second-order valence-corrected chi connectivity index (χ2v) is 3.82. The Balaban J connectivity index is 2.89. The van der Waals surface area contributed by atoms with Gasteiger partial charge in [-0.2, -0.15) is 13.2 Å². The quantitative estimate of drug-likeness (QED) is 0.704. The number of halogens is 4. The Labute approximate surface area is 89.3 Å². The Bertz CT molecular complexity index is 289. The van der Waals surface area contributed by atoms with Crippen LogP contribution in [0.5, 0.6) is 0 Å². The summed E-state index contributed by atoms with van der Waals surface area (Å²) < 4.78 is 36.6. The summed E-state index contributed by atoms with van der Waals surface area (Å²) in [7, 11) is 0. The fraction of sp³-hybridized carbons (Fsp3) is 0.400. The Morgan fingerprint density at radius 3 is 2.07 bits per heavy atom. The third-order valence-corrected chi connectivity index (χ3v) is 3.01. The summed E-state index contributed by atoms with van der Waals surface area (Å²) in [6, 6.07) is 5.28. The van der Waals surface area contributed by atoms with E-state index in [9.17, 15) is 13.2 Å². The van der Waals surface area contributed by atoms with Crippen molar-refractivity contribution in [2.45, 2.75) is 19.0 Å². The van der Waals surface area contributed by atoms with E-state index in [1.807, 2.05) is 6.92 Å². The molecule has 0 aromatic heterocycles. The normalized spacial score (nSPS) is 14.1. The predicted octanol–water partition coefficient (Wildman–Crippen LogP) is 4.20. The van der Waals surface area contributed by atoms with Crippen LogP contribution in [0.1, 0.15) is 24.0 Å². The van der Waals surface area contributed by atoms with Crippen molar-refractivity contribution in [2.75, 3.05) is 5.33 Å². The molecule has 78 valence electrons. The monoisotopic (exact) mass is 266 g/mol. The van der Waals surface area contributed by atoms with Crippen LogP contribution in [-0.4, -0.2) is 5.33 Å². The summed E-state index contributed by atoms with van der Waals surface area (Å²) in [6.45, 7) is 1.96. The third kappa shape index (κ3) is 2.74. The summed E-state index contributed by atoms with van der Waals surface area (Å²) in [4.78, 5) is 0. The molecule has 4 heteroatoms. The lowest BCUT2D eigenvalue weighted by Gasteiger charge is -2.10. The van der Waals surface area contributed by atoms with E-state index in [4.69, 9.17) is 0 Å². The Morgan fingerprint density at radius 2 is 1.71 bits per heavy atom. The molecule has 0 saturated carbocycles. The molecule has 0 saturated heterocycles. The van der Waals surface area contributed by atoms with E-state index in [0.29, 0.717) is 0 Å². The van der Waals surface area contributed by atoms with E-state index >= 15 is 0 Å². The molecule has 1 rings (SSSR count). The molecule has 0 aliphatic rings. The molecule has 0 N–H and O–H groups in total. The molecule has 0 heterocycles. The molecule has 0 bridgehead atoms. The number of rotatable bonds is 2. The lowest BCUT2D eigenvalue weighted by Crippen LogP contribution is -2.05. The van der Waals surface area contributed by atoms with Gasteiger partial charge in [-0.3, -0.25) is 0 Å². The number of hydrogen-bond donors (Lipinski definition) is 0. The highest BCUT2D eigenvalue weighted by molar-refractivity contribution is 9.09. The minimum atomic E-state index is -4.24. The second kappa shape index (κ2) is 4.34. The molecular weight excluding hydrogens is 257 g/mol. The minimum Gasteiger partial charge on any atom is -0.166 e. The highest BCUT2D eigenvalue weighted by Crippen LogP contribution is 2.30. The van der Waals surface area contributed by atoms with Gasteiger partial charge >= 0.3 is 6.18 Å². The van der Waals surface area contributed by atoms with Gasteiger partial charge in [-0.25, -0.2) is 0 Å². The largest absolute Gasteiger partial charge is 0.416 e. The van der Waals surface area contributed by atoms with Crippen molar-refractivity contribution in [3.8, 4) is 0 Å². The van der Waals surface area contributed by atoms with Crippen LogP contribution < -0.4 is 0 Å². The summed E-state index contributed by atoms with van der Waals surface area (Å²) >= 11 is 3.29. The summed E-state index contributed by atoms with van der Waals surface area (Å²) in [6.07, 6.45) is -4.24. The Hall–Kier alpha value is -0.510. The van der Waals surface area contributed by atoms with E-state index in [2.05, 4.69) is 15.9 Å². The first kappa shape index (κ1) is 11.6. The molecule has 0 fully saturated rings. The highest BCUT2D eigenvalue weighted by Gasteiger charge is 2.29. The number of alkyl halides is 4. The van der Waals surface area contributed by atoms with Crippen LogP contribution in [0, 0.1) is 0 Å². The van der Waals surface area contributed by atoms with Crippen LogP contribution in [0.15, 0.2) is 24.3 Å². The van der Waals surface area contributed by atoms with Crippen LogP contribution in [0.4, 0.5) is 13.2 Å². The number of hydrogen-bond acceptors (Lipinski definition) is 0. The smallest absolute Gasteiger partial charge is 0.166 e. The number of benzene rings is 1. The average Bonchev–Trinajstić information content (AvgIpc) is 2.15. The van der Waals surface area contributed by atoms with Gasteiger partial charge in [0.1, 0.15) is 0 Å². The van der Waals surface area contributed by atoms with Crippen molar-refractivity contribution < 1.29 is 13.2 Å². The fourth-order valence-corrected chi connectivity index (χ4v) is 1.46. The van der Waals surface area contributed by atoms with Gasteiger partial charge in [0.2, 0.25) is 0 Å². The van der Waals surface area contributed by atoms with Crippen LogP contribution >= 0.6 is 15.9 Å². The van der Waals surface area contributed by atoms with Gasteiger partial charge in [0.25, 0.3) is 0 Å². The van der Waals surface area contributed by atoms with E-state index in [-0.39, 0.29) is 5.92 Å². The van der Waals surface area contributed by atoms with Gasteiger partial charge in [-0.05, 0) is 23.6 Å². The molecule has 0 unspecified atom stereocenters. The maximum absolute atomic E-state index is 12.2. The molecule has 0 aliphatic heterocycles. The summed E-state index contributed by atoms with van der Waals surface area (Å²) in [5.74, 6) is 0.234. The standard InChI is InChI=1S/C10H10BrF3/c1-7(6-11)8-2-4-9(5-3-8)10(12,13)14/h2-5,7H,6H2,1H3/t7-/m1/s1. The van der Waals surface area contributed by atoms with Gasteiger partial charge in [-0.1, -0.05) is 35.0 Å². The molecule has 1 aromatic rings. The maximum Gasteiger partial charge on any atom is 0.416 e. The predicted molar refractivity (Wildman–Crippen MR) is 53.7 cm³/mol. The minimum absolute atomic E-state index is 0.234. The zero-order chi connectivity index (χ0) is 10.8. The lowest BCUT2D eigenvalue weighted by atomic mass is 10.0. The van der Waals surface area contributed by atoms with Gasteiger partial charge in [0, 0.05) is 5.33 Å². The molecule has 0 spiro atoms. The third-order valence-electron chi connectivity index (χ3n) is 2.04. The van der Waals surface area contributed by atoms with Crippen LogP contribution in [0.3, 0.4) is 0 Å². The first-order valence-electron chi connectivity index (χ1n) is 4.18. The Kier molecular flexibility index (Phi) is 3.59. The van der Waals surface area contributed by atoms with Crippen molar-refractivity contribution in [3.63, 3.8) is 0 Å². The van der Waals surface area contributed by atoms with Crippen LogP contribution in [0.25, 0.3) is 0 Å². The van der Waals surface area contributed by atoms with Crippen molar-refractivity contribution in [3.05, 3.63) is 35.4 Å². The highest BCUT2D eigenvalue weighted by atomic mass is 79.9. The molecular formula is C10H10BrF3. The van der Waals surface area contributed by atoms with Crippen LogP contribution in [-0.2, 0) is 6.18 Å². The molecule has 0 radical (unpaired) electrons. The van der Waals surface area contributed by atoms with Crippen LogP contribution in [0.2, 0.25) is 0 Å². The topological polar surface area (TPSA) is 0 Å². The van der Waals surface area contributed by atoms with E-state index < -0.39 is 11.7 Å². The fourth-order valence-electron chi connectivity index (χ4n) is 1.09. The average molecular weight is 267 g/mol. The molecule has 14 heavy (non-hydrogen) atoms. The Morgan fingerprint density at radius 1 is 1.21 bits per heavy atom. The van der Waals surface area contributed by atoms with E-state index in [1.54, 1.807) is 0 Å². The van der Waals surface area contributed by atoms with Crippen molar-refractivity contribution in [1.29, 1.82) is 0 Å². The summed E-state index contributed by atoms with van der Waals surface area (Å²) in [5, 5.41) is 0.748. The maximum atomic E-state index is 12.2. The van der Waals surface area contributed by atoms with Gasteiger partial charge < -0.3 is 0 Å². The first-order valence-corrected chi connectivity index (χ1v) is 5.30. The molecule has 1 atom stereocenters.